The van der Waals surface area contributed by atoms with E-state index >= 15 is 0 Å². The number of nitro benzene ring substituents is 1. The second-order valence-corrected chi connectivity index (χ2v) is 13.1. The van der Waals surface area contributed by atoms with Gasteiger partial charge in [-0.05, 0) is 68.2 Å². The van der Waals surface area contributed by atoms with Gasteiger partial charge in [-0.3, -0.25) is 24.7 Å². The van der Waals surface area contributed by atoms with Crippen LogP contribution in [0.15, 0.2) is 54.6 Å². The van der Waals surface area contributed by atoms with Gasteiger partial charge in [0.2, 0.25) is 0 Å². The molecule has 1 aliphatic carbocycles. The van der Waals surface area contributed by atoms with Crippen molar-refractivity contribution in [2.45, 2.75) is 102 Å². The molecular weight excluding hydrogens is 572 g/mol. The molecular formula is C35H48N4O6. The molecule has 1 amide bonds. The lowest BCUT2D eigenvalue weighted by Gasteiger charge is -2.43. The van der Waals surface area contributed by atoms with Crippen molar-refractivity contribution < 1.29 is 24.4 Å². The van der Waals surface area contributed by atoms with Crippen LogP contribution in [0, 0.1) is 16.0 Å². The van der Waals surface area contributed by atoms with E-state index in [2.05, 4.69) is 47.9 Å². The number of aliphatic carboxylic acids is 1. The molecule has 1 N–H and O–H groups in total. The first-order valence-electron chi connectivity index (χ1n) is 16.7. The highest BCUT2D eigenvalue weighted by atomic mass is 16.6. The van der Waals surface area contributed by atoms with Crippen LogP contribution in [-0.4, -0.2) is 87.1 Å². The molecule has 3 aliphatic rings. The zero-order valence-electron chi connectivity index (χ0n) is 26.6. The molecule has 2 aromatic carbocycles. The van der Waals surface area contributed by atoms with E-state index in [1.54, 1.807) is 12.1 Å². The van der Waals surface area contributed by atoms with E-state index < -0.39 is 16.9 Å². The van der Waals surface area contributed by atoms with E-state index in [-0.39, 0.29) is 48.3 Å². The first-order valence-corrected chi connectivity index (χ1v) is 16.7. The molecule has 2 aliphatic heterocycles. The van der Waals surface area contributed by atoms with Crippen molar-refractivity contribution in [2.75, 3.05) is 26.2 Å². The van der Waals surface area contributed by atoms with Crippen LogP contribution in [0.4, 0.5) is 10.5 Å². The minimum atomic E-state index is -0.692. The van der Waals surface area contributed by atoms with Gasteiger partial charge in [0.1, 0.15) is 12.6 Å². The lowest BCUT2D eigenvalue weighted by molar-refractivity contribution is -0.384. The Morgan fingerprint density at radius 1 is 1.02 bits per heavy atom. The highest BCUT2D eigenvalue weighted by Crippen LogP contribution is 2.41. The minimum absolute atomic E-state index is 0.00567. The fourth-order valence-electron chi connectivity index (χ4n) is 8.13. The number of benzene rings is 2. The van der Waals surface area contributed by atoms with Gasteiger partial charge >= 0.3 is 12.1 Å². The predicted molar refractivity (Wildman–Crippen MR) is 172 cm³/mol. The van der Waals surface area contributed by atoms with Crippen LogP contribution < -0.4 is 0 Å². The maximum Gasteiger partial charge on any atom is 0.410 e. The zero-order valence-corrected chi connectivity index (χ0v) is 26.6. The number of nitro groups is 1. The van der Waals surface area contributed by atoms with Gasteiger partial charge in [-0.2, -0.15) is 0 Å². The molecule has 2 aromatic rings. The third kappa shape index (κ3) is 7.66. The Morgan fingerprint density at radius 2 is 1.69 bits per heavy atom. The van der Waals surface area contributed by atoms with Crippen LogP contribution in [0.3, 0.4) is 0 Å². The molecule has 2 saturated heterocycles. The fraction of sp³-hybridized carbons (Fsp3) is 0.600. The molecule has 1 saturated carbocycles. The summed E-state index contributed by atoms with van der Waals surface area (Å²) in [5.74, 6) is -0.289. The first-order chi connectivity index (χ1) is 21.8. The molecule has 45 heavy (non-hydrogen) atoms. The van der Waals surface area contributed by atoms with Crippen LogP contribution >= 0.6 is 0 Å². The standard InChI is InChI=1S/C35H48N4O6/c1-3-20-37(35(42)45-24-26-14-16-30(17-15-26)39(43)44)29-18-21-36(22-19-29)32-25(2)38(23-31(32)27-10-6-4-7-11-27)33(34(40)41)28-12-8-5-9-13-28/h4,6-7,10-11,14-17,25,28-29,31-33H,3,5,8-9,12-13,18-24H2,1-2H3,(H,40,41)/t25?,31-,32-,33-/m1/s1. The maximum absolute atomic E-state index is 13.3. The van der Waals surface area contributed by atoms with E-state index in [9.17, 15) is 24.8 Å². The van der Waals surface area contributed by atoms with Gasteiger partial charge in [0.25, 0.3) is 5.69 Å². The Bertz CT molecular complexity index is 1280. The monoisotopic (exact) mass is 620 g/mol. The molecule has 5 rings (SSSR count). The van der Waals surface area contributed by atoms with Crippen LogP contribution in [0.2, 0.25) is 0 Å². The number of carboxylic acid groups (broad SMARTS) is 1. The van der Waals surface area contributed by atoms with E-state index in [1.165, 1.54) is 24.1 Å². The molecule has 1 unspecified atom stereocenters. The van der Waals surface area contributed by atoms with Crippen LogP contribution in [-0.2, 0) is 16.1 Å². The fourth-order valence-corrected chi connectivity index (χ4v) is 8.13. The summed E-state index contributed by atoms with van der Waals surface area (Å²) in [5, 5.41) is 21.4. The highest BCUT2D eigenvalue weighted by Gasteiger charge is 2.49. The Balaban J connectivity index is 1.27. The third-order valence-electron chi connectivity index (χ3n) is 10.3. The summed E-state index contributed by atoms with van der Waals surface area (Å²) in [6.45, 7) is 7.33. The number of hydrogen-bond acceptors (Lipinski definition) is 7. The van der Waals surface area contributed by atoms with Crippen molar-refractivity contribution in [3.8, 4) is 0 Å². The van der Waals surface area contributed by atoms with Crippen molar-refractivity contribution in [3.63, 3.8) is 0 Å². The average Bonchev–Trinajstić information content (AvgIpc) is 3.39. The van der Waals surface area contributed by atoms with Gasteiger partial charge in [-0.1, -0.05) is 56.5 Å². The molecule has 0 spiro atoms. The van der Waals surface area contributed by atoms with Gasteiger partial charge in [0, 0.05) is 62.4 Å². The predicted octanol–water partition coefficient (Wildman–Crippen LogP) is 6.30. The summed E-state index contributed by atoms with van der Waals surface area (Å²) in [4.78, 5) is 43.2. The molecule has 0 radical (unpaired) electrons. The number of carbonyl (C=O) groups is 2. The van der Waals surface area contributed by atoms with Crippen LogP contribution in [0.1, 0.15) is 82.3 Å². The van der Waals surface area contributed by atoms with Crippen LogP contribution in [0.25, 0.3) is 0 Å². The summed E-state index contributed by atoms with van der Waals surface area (Å²) >= 11 is 0. The van der Waals surface area contributed by atoms with Crippen molar-refractivity contribution >= 4 is 17.7 Å². The minimum Gasteiger partial charge on any atom is -0.480 e. The van der Waals surface area contributed by atoms with E-state index in [4.69, 9.17) is 4.74 Å². The van der Waals surface area contributed by atoms with Crippen molar-refractivity contribution in [1.82, 2.24) is 14.7 Å². The maximum atomic E-state index is 13.3. The Kier molecular flexibility index (Phi) is 11.1. The normalized spacial score (nSPS) is 24.3. The number of nitrogens with zero attached hydrogens (tertiary/aromatic N) is 4. The molecule has 10 heteroatoms. The largest absolute Gasteiger partial charge is 0.480 e. The second kappa shape index (κ2) is 15.2. The lowest BCUT2D eigenvalue weighted by atomic mass is 9.83. The lowest BCUT2D eigenvalue weighted by Crippen LogP contribution is -2.55. The molecule has 3 fully saturated rings. The van der Waals surface area contributed by atoms with Crippen molar-refractivity contribution in [2.24, 2.45) is 5.92 Å². The molecule has 244 valence electrons. The number of rotatable bonds is 11. The van der Waals surface area contributed by atoms with E-state index in [1.807, 2.05) is 11.0 Å². The Morgan fingerprint density at radius 3 is 2.29 bits per heavy atom. The van der Waals surface area contributed by atoms with E-state index in [0.29, 0.717) is 12.1 Å². The number of piperidine rings is 1. The van der Waals surface area contributed by atoms with Crippen LogP contribution in [0.5, 0.6) is 0 Å². The smallest absolute Gasteiger partial charge is 0.410 e. The third-order valence-corrected chi connectivity index (χ3v) is 10.3. The molecule has 2 heterocycles. The summed E-state index contributed by atoms with van der Waals surface area (Å²) in [6.07, 6.45) is 7.50. The number of likely N-dealkylation sites (tertiary alicyclic amines) is 2. The summed E-state index contributed by atoms with van der Waals surface area (Å²) in [5.41, 5.74) is 1.97. The zero-order chi connectivity index (χ0) is 31.9. The average molecular weight is 621 g/mol. The summed E-state index contributed by atoms with van der Waals surface area (Å²) in [6, 6.07) is 16.5. The molecule has 0 aromatic heterocycles. The Labute approximate surface area is 266 Å². The summed E-state index contributed by atoms with van der Waals surface area (Å²) in [7, 11) is 0. The van der Waals surface area contributed by atoms with Gasteiger partial charge in [-0.25, -0.2) is 4.79 Å². The van der Waals surface area contributed by atoms with Gasteiger partial charge < -0.3 is 14.7 Å². The number of non-ortho nitro benzene ring substituents is 1. The van der Waals surface area contributed by atoms with Gasteiger partial charge in [0.05, 0.1) is 4.92 Å². The second-order valence-electron chi connectivity index (χ2n) is 13.1. The van der Waals surface area contributed by atoms with Crippen molar-refractivity contribution in [1.29, 1.82) is 0 Å². The topological polar surface area (TPSA) is 116 Å². The summed E-state index contributed by atoms with van der Waals surface area (Å²) < 4.78 is 5.68. The molecule has 10 nitrogen and oxygen atoms in total. The molecule has 4 atom stereocenters. The first kappa shape index (κ1) is 32.9. The Hall–Kier alpha value is -3.50. The number of carboxylic acids is 1. The SMILES string of the molecule is CCCN(C(=O)OCc1ccc([N+](=O)[O-])cc1)C1CCN([C@@H]2C(C)N([C@@H](C(=O)O)C3CCCCC3)C[C@@H]2c2ccccc2)CC1. The number of hydrogen-bond donors (Lipinski definition) is 1. The van der Waals surface area contributed by atoms with Gasteiger partial charge in [0.15, 0.2) is 0 Å². The van der Waals surface area contributed by atoms with Crippen molar-refractivity contribution in [3.05, 3.63) is 75.8 Å². The quantitative estimate of drug-likeness (QED) is 0.230. The number of ether oxygens (including phenoxy) is 1. The van der Waals surface area contributed by atoms with Gasteiger partial charge in [-0.15, -0.1) is 0 Å². The number of amides is 1. The van der Waals surface area contributed by atoms with E-state index in [0.717, 1.165) is 64.6 Å². The number of carbonyl (C=O) groups excluding carboxylic acids is 1. The molecule has 0 bridgehead atoms. The highest BCUT2D eigenvalue weighted by molar-refractivity contribution is 5.74.